The molecule has 2 N–H and O–H groups in total. The third-order valence-corrected chi connectivity index (χ3v) is 3.66. The molecule has 8 heteroatoms. The van der Waals surface area contributed by atoms with Gasteiger partial charge in [0.15, 0.2) is 0 Å². The van der Waals surface area contributed by atoms with Crippen LogP contribution in [0.2, 0.25) is 10.0 Å². The number of aromatic nitrogens is 2. The molecule has 0 fully saturated rings. The largest absolute Gasteiger partial charge is 0.349 e. The summed E-state index contributed by atoms with van der Waals surface area (Å²) >= 11 is 12.0. The number of anilines is 2. The van der Waals surface area contributed by atoms with E-state index in [9.17, 15) is 4.79 Å². The predicted molar refractivity (Wildman–Crippen MR) is 97.4 cm³/mol. The highest BCUT2D eigenvalue weighted by Gasteiger charge is 2.11. The number of hydrogen-bond donors (Lipinski definition) is 2. The molecule has 128 valence electrons. The Morgan fingerprint density at radius 1 is 1.21 bits per heavy atom. The molecule has 0 saturated heterocycles. The summed E-state index contributed by atoms with van der Waals surface area (Å²) in [5.74, 6) is 0.736. The Kier molecular flexibility index (Phi) is 6.36. The summed E-state index contributed by atoms with van der Waals surface area (Å²) in [5, 5.41) is 6.92. The molecule has 1 amide bonds. The highest BCUT2D eigenvalue weighted by Crippen LogP contribution is 2.27. The quantitative estimate of drug-likeness (QED) is 0.820. The number of halogens is 2. The van der Waals surface area contributed by atoms with Gasteiger partial charge in [0.05, 0.1) is 10.7 Å². The van der Waals surface area contributed by atoms with E-state index in [0.717, 1.165) is 6.54 Å². The van der Waals surface area contributed by atoms with E-state index in [0.29, 0.717) is 39.6 Å². The first kappa shape index (κ1) is 18.4. The number of hydrogen-bond acceptors (Lipinski definition) is 5. The summed E-state index contributed by atoms with van der Waals surface area (Å²) in [5.41, 5.74) is 0.951. The summed E-state index contributed by atoms with van der Waals surface area (Å²) < 4.78 is 0. The number of carbonyl (C=O) groups excluding carboxylic acids is 1. The normalized spacial score (nSPS) is 10.8. The molecule has 6 nitrogen and oxygen atoms in total. The second-order valence-corrected chi connectivity index (χ2v) is 6.34. The van der Waals surface area contributed by atoms with E-state index in [1.165, 1.54) is 0 Å². The van der Waals surface area contributed by atoms with Crippen LogP contribution in [0.15, 0.2) is 24.3 Å². The van der Waals surface area contributed by atoms with Crippen LogP contribution in [0, 0.1) is 6.92 Å². The zero-order valence-corrected chi connectivity index (χ0v) is 15.2. The van der Waals surface area contributed by atoms with Gasteiger partial charge in [0.1, 0.15) is 17.3 Å². The standard InChI is InChI=1S/C16H19Cl2N5O/c1-10-20-14(16(24)19-6-7-23(2)3)9-15(21-10)22-13-5-4-11(17)8-12(13)18/h4-5,8-9H,6-7H2,1-3H3,(H,19,24)(H,20,21,22). The first-order valence-electron chi connectivity index (χ1n) is 7.36. The first-order valence-corrected chi connectivity index (χ1v) is 8.11. The number of likely N-dealkylation sites (N-methyl/N-ethyl adjacent to an activating group) is 1. The molecule has 0 atom stereocenters. The SMILES string of the molecule is Cc1nc(Nc2ccc(Cl)cc2Cl)cc(C(=O)NCCN(C)C)n1. The lowest BCUT2D eigenvalue weighted by atomic mass is 10.3. The molecule has 1 aromatic heterocycles. The minimum absolute atomic E-state index is 0.243. The minimum atomic E-state index is -0.243. The van der Waals surface area contributed by atoms with E-state index in [1.807, 2.05) is 19.0 Å². The highest BCUT2D eigenvalue weighted by atomic mass is 35.5. The van der Waals surface area contributed by atoms with Crippen molar-refractivity contribution in [2.24, 2.45) is 0 Å². The Hall–Kier alpha value is -1.89. The fourth-order valence-corrected chi connectivity index (χ4v) is 2.42. The van der Waals surface area contributed by atoms with Gasteiger partial charge in [-0.15, -0.1) is 0 Å². The molecule has 0 aliphatic heterocycles. The van der Waals surface area contributed by atoms with E-state index in [2.05, 4.69) is 20.6 Å². The van der Waals surface area contributed by atoms with Crippen LogP contribution in [0.4, 0.5) is 11.5 Å². The van der Waals surface area contributed by atoms with Gasteiger partial charge in [0.25, 0.3) is 5.91 Å². The Morgan fingerprint density at radius 2 is 1.96 bits per heavy atom. The van der Waals surface area contributed by atoms with Gasteiger partial charge >= 0.3 is 0 Å². The van der Waals surface area contributed by atoms with Gasteiger partial charge in [-0.1, -0.05) is 23.2 Å². The smallest absolute Gasteiger partial charge is 0.270 e. The minimum Gasteiger partial charge on any atom is -0.349 e. The lowest BCUT2D eigenvalue weighted by Gasteiger charge is -2.12. The summed E-state index contributed by atoms with van der Waals surface area (Å²) in [7, 11) is 3.89. The predicted octanol–water partition coefficient (Wildman–Crippen LogP) is 3.13. The third kappa shape index (κ3) is 5.33. The second-order valence-electron chi connectivity index (χ2n) is 5.49. The van der Waals surface area contributed by atoms with Crippen molar-refractivity contribution in [1.82, 2.24) is 20.2 Å². The second kappa shape index (κ2) is 8.28. The molecule has 0 spiro atoms. The fraction of sp³-hybridized carbons (Fsp3) is 0.312. The van der Waals surface area contributed by atoms with Crippen LogP contribution in [0.25, 0.3) is 0 Å². The number of nitrogens with one attached hydrogen (secondary N) is 2. The maximum atomic E-state index is 12.2. The zero-order valence-electron chi connectivity index (χ0n) is 13.7. The highest BCUT2D eigenvalue weighted by molar-refractivity contribution is 6.36. The van der Waals surface area contributed by atoms with Crippen LogP contribution >= 0.6 is 23.2 Å². The molecule has 0 bridgehead atoms. The molecule has 0 aliphatic rings. The van der Waals surface area contributed by atoms with E-state index < -0.39 is 0 Å². The van der Waals surface area contributed by atoms with Gasteiger partial charge in [-0.05, 0) is 39.2 Å². The topological polar surface area (TPSA) is 70.2 Å². The lowest BCUT2D eigenvalue weighted by molar-refractivity contribution is 0.0945. The van der Waals surface area contributed by atoms with Crippen molar-refractivity contribution < 1.29 is 4.79 Å². The van der Waals surface area contributed by atoms with Crippen molar-refractivity contribution in [3.8, 4) is 0 Å². The number of rotatable bonds is 6. The lowest BCUT2D eigenvalue weighted by Crippen LogP contribution is -2.32. The Bertz CT molecular complexity index is 736. The molecule has 1 heterocycles. The van der Waals surface area contributed by atoms with Crippen molar-refractivity contribution >= 4 is 40.6 Å². The van der Waals surface area contributed by atoms with Crippen molar-refractivity contribution in [3.63, 3.8) is 0 Å². The molecule has 0 unspecified atom stereocenters. The third-order valence-electron chi connectivity index (χ3n) is 3.11. The van der Waals surface area contributed by atoms with Crippen LogP contribution in [0.1, 0.15) is 16.3 Å². The van der Waals surface area contributed by atoms with Crippen LogP contribution < -0.4 is 10.6 Å². The average Bonchev–Trinajstić information content (AvgIpc) is 2.49. The van der Waals surface area contributed by atoms with Crippen molar-refractivity contribution in [3.05, 3.63) is 45.8 Å². The fourth-order valence-electron chi connectivity index (χ4n) is 1.96. The van der Waals surface area contributed by atoms with Gasteiger partial charge in [-0.25, -0.2) is 9.97 Å². The van der Waals surface area contributed by atoms with Gasteiger partial charge in [0.2, 0.25) is 0 Å². The maximum absolute atomic E-state index is 12.2. The van der Waals surface area contributed by atoms with Crippen molar-refractivity contribution in [2.45, 2.75) is 6.92 Å². The molecule has 24 heavy (non-hydrogen) atoms. The van der Waals surface area contributed by atoms with Crippen LogP contribution in [0.5, 0.6) is 0 Å². The van der Waals surface area contributed by atoms with Gasteiger partial charge in [-0.2, -0.15) is 0 Å². The van der Waals surface area contributed by atoms with Gasteiger partial charge in [-0.3, -0.25) is 4.79 Å². The maximum Gasteiger partial charge on any atom is 0.270 e. The number of benzene rings is 1. The summed E-state index contributed by atoms with van der Waals surface area (Å²) in [6, 6.07) is 6.69. The van der Waals surface area contributed by atoms with Crippen molar-refractivity contribution in [1.29, 1.82) is 0 Å². The molecule has 0 saturated carbocycles. The summed E-state index contributed by atoms with van der Waals surface area (Å²) in [6.45, 7) is 3.02. The molecule has 1 aromatic carbocycles. The number of nitrogens with zero attached hydrogens (tertiary/aromatic N) is 3. The van der Waals surface area contributed by atoms with Crippen LogP contribution in [-0.2, 0) is 0 Å². The average molecular weight is 368 g/mol. The molecular weight excluding hydrogens is 349 g/mol. The molecule has 2 aromatic rings. The molecule has 0 radical (unpaired) electrons. The van der Waals surface area contributed by atoms with Crippen molar-refractivity contribution in [2.75, 3.05) is 32.5 Å². The Labute approximate surface area is 151 Å². The number of aryl methyl sites for hydroxylation is 1. The zero-order chi connectivity index (χ0) is 17.7. The van der Waals surface area contributed by atoms with E-state index in [1.54, 1.807) is 31.2 Å². The van der Waals surface area contributed by atoms with Crippen LogP contribution in [0.3, 0.4) is 0 Å². The van der Waals surface area contributed by atoms with Gasteiger partial charge in [0, 0.05) is 24.2 Å². The number of carbonyl (C=O) groups is 1. The summed E-state index contributed by atoms with van der Waals surface area (Å²) in [4.78, 5) is 22.7. The van der Waals surface area contributed by atoms with E-state index >= 15 is 0 Å². The first-order chi connectivity index (χ1) is 11.3. The van der Waals surface area contributed by atoms with E-state index in [4.69, 9.17) is 23.2 Å². The van der Waals surface area contributed by atoms with Crippen LogP contribution in [-0.4, -0.2) is 48.0 Å². The summed E-state index contributed by atoms with van der Waals surface area (Å²) in [6.07, 6.45) is 0. The monoisotopic (exact) mass is 367 g/mol. The van der Waals surface area contributed by atoms with Gasteiger partial charge < -0.3 is 15.5 Å². The Morgan fingerprint density at radius 3 is 2.62 bits per heavy atom. The Balaban J connectivity index is 2.14. The molecule has 2 rings (SSSR count). The molecule has 0 aliphatic carbocycles. The molecular formula is C16H19Cl2N5O. The number of amides is 1. The van der Waals surface area contributed by atoms with E-state index in [-0.39, 0.29) is 5.91 Å².